The normalized spacial score (nSPS) is 10.6. The molecule has 0 saturated heterocycles. The quantitative estimate of drug-likeness (QED) is 0.849. The molecular formula is C9H9BrN4O2. The zero-order valence-electron chi connectivity index (χ0n) is 8.48. The maximum absolute atomic E-state index is 11.4. The van der Waals surface area contributed by atoms with Crippen molar-refractivity contribution in [3.63, 3.8) is 0 Å². The third-order valence-corrected chi connectivity index (χ3v) is 2.73. The number of halogens is 1. The maximum Gasteiger partial charge on any atom is 0.328 e. The minimum Gasteiger partial charge on any atom is -0.294 e. The summed E-state index contributed by atoms with van der Waals surface area (Å²) < 4.78 is 3.86. The summed E-state index contributed by atoms with van der Waals surface area (Å²) in [5, 5.41) is 4.19. The molecule has 16 heavy (non-hydrogen) atoms. The van der Waals surface area contributed by atoms with E-state index in [4.69, 9.17) is 0 Å². The average Bonchev–Trinajstić information content (AvgIpc) is 2.50. The Labute approximate surface area is 98.7 Å². The first-order valence-electron chi connectivity index (χ1n) is 4.54. The van der Waals surface area contributed by atoms with Crippen LogP contribution in [0.2, 0.25) is 0 Å². The lowest BCUT2D eigenvalue weighted by Crippen LogP contribution is -2.29. The molecule has 0 atom stereocenters. The third-order valence-electron chi connectivity index (χ3n) is 2.07. The molecule has 6 nitrogen and oxygen atoms in total. The van der Waals surface area contributed by atoms with Crippen molar-refractivity contribution in [2.75, 3.05) is 0 Å². The van der Waals surface area contributed by atoms with Gasteiger partial charge in [-0.05, 0) is 15.9 Å². The van der Waals surface area contributed by atoms with Gasteiger partial charge in [-0.2, -0.15) is 5.10 Å². The fraction of sp³-hybridized carbons (Fsp3) is 0.222. The van der Waals surface area contributed by atoms with Crippen LogP contribution in [0.15, 0.2) is 32.5 Å². The number of aryl methyl sites for hydroxylation is 1. The highest BCUT2D eigenvalue weighted by Gasteiger charge is 2.06. The Morgan fingerprint density at radius 2 is 2.25 bits per heavy atom. The van der Waals surface area contributed by atoms with Gasteiger partial charge in [-0.15, -0.1) is 0 Å². The molecule has 0 spiro atoms. The van der Waals surface area contributed by atoms with Gasteiger partial charge >= 0.3 is 5.69 Å². The Bertz CT molecular complexity index is 625. The van der Waals surface area contributed by atoms with E-state index in [9.17, 15) is 9.59 Å². The van der Waals surface area contributed by atoms with Crippen molar-refractivity contribution in [2.24, 2.45) is 7.05 Å². The number of rotatable bonds is 2. The van der Waals surface area contributed by atoms with E-state index in [2.05, 4.69) is 26.0 Å². The van der Waals surface area contributed by atoms with E-state index in [1.807, 2.05) is 0 Å². The maximum atomic E-state index is 11.4. The lowest BCUT2D eigenvalue weighted by atomic mass is 10.4. The van der Waals surface area contributed by atoms with E-state index < -0.39 is 11.2 Å². The zero-order valence-corrected chi connectivity index (χ0v) is 10.1. The van der Waals surface area contributed by atoms with Crippen LogP contribution in [0.5, 0.6) is 0 Å². The zero-order chi connectivity index (χ0) is 11.7. The minimum atomic E-state index is -0.440. The number of H-pyrrole nitrogens is 1. The van der Waals surface area contributed by atoms with E-state index in [1.165, 1.54) is 16.8 Å². The second kappa shape index (κ2) is 4.09. The van der Waals surface area contributed by atoms with Crippen molar-refractivity contribution in [1.82, 2.24) is 19.3 Å². The smallest absolute Gasteiger partial charge is 0.294 e. The molecule has 0 amide bonds. The molecule has 2 rings (SSSR count). The molecule has 1 N–H and O–H groups in total. The van der Waals surface area contributed by atoms with Crippen LogP contribution in [0.3, 0.4) is 0 Å². The first-order chi connectivity index (χ1) is 7.56. The van der Waals surface area contributed by atoms with Gasteiger partial charge in [0.1, 0.15) is 0 Å². The van der Waals surface area contributed by atoms with Crippen molar-refractivity contribution >= 4 is 15.9 Å². The molecule has 0 saturated carbocycles. The van der Waals surface area contributed by atoms with Crippen molar-refractivity contribution in [3.05, 3.63) is 49.5 Å². The monoisotopic (exact) mass is 284 g/mol. The number of aromatic nitrogens is 4. The van der Waals surface area contributed by atoms with Gasteiger partial charge in [-0.1, -0.05) is 0 Å². The summed E-state index contributed by atoms with van der Waals surface area (Å²) in [5.41, 5.74) is -0.108. The molecule has 0 aliphatic rings. The molecule has 7 heteroatoms. The van der Waals surface area contributed by atoms with E-state index in [-0.39, 0.29) is 0 Å². The first kappa shape index (κ1) is 10.9. The Morgan fingerprint density at radius 1 is 1.50 bits per heavy atom. The molecule has 84 valence electrons. The molecule has 0 unspecified atom stereocenters. The highest BCUT2D eigenvalue weighted by molar-refractivity contribution is 9.10. The van der Waals surface area contributed by atoms with Crippen molar-refractivity contribution in [2.45, 2.75) is 6.54 Å². The molecule has 0 aliphatic carbocycles. The summed E-state index contributed by atoms with van der Waals surface area (Å²) in [6.07, 6.45) is 3.24. The van der Waals surface area contributed by atoms with Crippen LogP contribution in [-0.4, -0.2) is 19.3 Å². The molecule has 2 aromatic heterocycles. The second-order valence-corrected chi connectivity index (χ2v) is 4.19. The predicted octanol–water partition coefficient (Wildman–Crippen LogP) is 0.0809. The van der Waals surface area contributed by atoms with Crippen LogP contribution >= 0.6 is 15.9 Å². The van der Waals surface area contributed by atoms with Crippen molar-refractivity contribution in [1.29, 1.82) is 0 Å². The van der Waals surface area contributed by atoms with Crippen molar-refractivity contribution in [3.8, 4) is 0 Å². The number of nitrogens with one attached hydrogen (secondary N) is 1. The van der Waals surface area contributed by atoms with Gasteiger partial charge in [0.25, 0.3) is 5.56 Å². The lowest BCUT2D eigenvalue weighted by Gasteiger charge is -2.01. The number of nitrogens with zero attached hydrogens (tertiary/aromatic N) is 3. The summed E-state index contributed by atoms with van der Waals surface area (Å²) in [5.74, 6) is 0. The summed E-state index contributed by atoms with van der Waals surface area (Å²) in [6, 6.07) is 1.30. The summed E-state index contributed by atoms with van der Waals surface area (Å²) in [4.78, 5) is 24.5. The van der Waals surface area contributed by atoms with Gasteiger partial charge in [0.2, 0.25) is 0 Å². The fourth-order valence-corrected chi connectivity index (χ4v) is 1.84. The van der Waals surface area contributed by atoms with E-state index in [0.717, 1.165) is 10.2 Å². The number of aromatic amines is 1. The highest BCUT2D eigenvalue weighted by Crippen LogP contribution is 2.14. The van der Waals surface area contributed by atoms with Gasteiger partial charge in [0.15, 0.2) is 0 Å². The van der Waals surface area contributed by atoms with E-state index in [0.29, 0.717) is 6.54 Å². The second-order valence-electron chi connectivity index (χ2n) is 3.34. The SMILES string of the molecule is Cn1cc(Br)c(Cn2ccc(=O)[nH]c2=O)n1. The number of hydrogen-bond acceptors (Lipinski definition) is 3. The average molecular weight is 285 g/mol. The van der Waals surface area contributed by atoms with Crippen LogP contribution in [0.25, 0.3) is 0 Å². The van der Waals surface area contributed by atoms with E-state index in [1.54, 1.807) is 17.9 Å². The van der Waals surface area contributed by atoms with Gasteiger partial charge < -0.3 is 0 Å². The molecule has 2 heterocycles. The van der Waals surface area contributed by atoms with E-state index >= 15 is 0 Å². The standard InChI is InChI=1S/C9H9BrN4O2/c1-13-4-6(10)7(12-13)5-14-3-2-8(15)11-9(14)16/h2-4H,5H2,1H3,(H,11,15,16). The number of hydrogen-bond donors (Lipinski definition) is 1. The summed E-state index contributed by atoms with van der Waals surface area (Å²) >= 11 is 3.34. The fourth-order valence-electron chi connectivity index (χ4n) is 1.34. The topological polar surface area (TPSA) is 72.7 Å². The Balaban J connectivity index is 2.38. The Hall–Kier alpha value is -1.63. The van der Waals surface area contributed by atoms with Crippen LogP contribution in [0.4, 0.5) is 0 Å². The van der Waals surface area contributed by atoms with Crippen LogP contribution in [-0.2, 0) is 13.6 Å². The molecule has 0 radical (unpaired) electrons. The largest absolute Gasteiger partial charge is 0.328 e. The van der Waals surface area contributed by atoms with Crippen molar-refractivity contribution < 1.29 is 0 Å². The van der Waals surface area contributed by atoms with Gasteiger partial charge in [0.05, 0.1) is 16.7 Å². The van der Waals surface area contributed by atoms with Gasteiger partial charge in [-0.25, -0.2) is 4.79 Å². The summed E-state index contributed by atoms with van der Waals surface area (Å²) in [6.45, 7) is 0.317. The minimum absolute atomic E-state index is 0.317. The molecule has 0 bridgehead atoms. The molecular weight excluding hydrogens is 276 g/mol. The van der Waals surface area contributed by atoms with Gasteiger partial charge in [0, 0.05) is 25.5 Å². The highest BCUT2D eigenvalue weighted by atomic mass is 79.9. The molecule has 0 aliphatic heterocycles. The molecule has 2 aromatic rings. The summed E-state index contributed by atoms with van der Waals surface area (Å²) in [7, 11) is 1.80. The van der Waals surface area contributed by atoms with Crippen LogP contribution in [0.1, 0.15) is 5.69 Å². The van der Waals surface area contributed by atoms with Gasteiger partial charge in [-0.3, -0.25) is 19.0 Å². The Kier molecular flexibility index (Phi) is 2.78. The third kappa shape index (κ3) is 2.13. The van der Waals surface area contributed by atoms with Crippen LogP contribution < -0.4 is 11.2 Å². The first-order valence-corrected chi connectivity index (χ1v) is 5.33. The predicted molar refractivity (Wildman–Crippen MR) is 61.3 cm³/mol. The van der Waals surface area contributed by atoms with Crippen LogP contribution in [0, 0.1) is 0 Å². The Morgan fingerprint density at radius 3 is 2.81 bits per heavy atom. The lowest BCUT2D eigenvalue weighted by molar-refractivity contribution is 0.673. The molecule has 0 fully saturated rings. The molecule has 0 aromatic carbocycles.